The Balaban J connectivity index is 2.85. The summed E-state index contributed by atoms with van der Waals surface area (Å²) < 4.78 is 0. The maximum absolute atomic E-state index is 12.7. The third kappa shape index (κ3) is 4.21. The molecule has 1 N–H and O–H groups in total. The number of nitrogens with one attached hydrogen (secondary N) is 1. The van der Waals surface area contributed by atoms with Gasteiger partial charge in [-0.05, 0) is 33.1 Å². The molecule has 122 valence electrons. The van der Waals surface area contributed by atoms with Gasteiger partial charge in [0.2, 0.25) is 11.8 Å². The predicted octanol–water partition coefficient (Wildman–Crippen LogP) is 3.11. The van der Waals surface area contributed by atoms with Crippen LogP contribution in [0.2, 0.25) is 0 Å². The number of nitrogens with zero attached hydrogens (tertiary/aromatic N) is 1. The molecule has 0 radical (unpaired) electrons. The topological polar surface area (TPSA) is 49.4 Å². The lowest BCUT2D eigenvalue weighted by Crippen LogP contribution is -2.70. The Kier molecular flexibility index (Phi) is 6.24. The van der Waals surface area contributed by atoms with Gasteiger partial charge in [0.05, 0.1) is 0 Å². The highest BCUT2D eigenvalue weighted by Gasteiger charge is 2.47. The van der Waals surface area contributed by atoms with Gasteiger partial charge in [0.25, 0.3) is 0 Å². The summed E-state index contributed by atoms with van der Waals surface area (Å²) in [5.41, 5.74) is -0.792. The van der Waals surface area contributed by atoms with E-state index in [1.165, 1.54) is 19.3 Å². The molecule has 1 aliphatic rings. The van der Waals surface area contributed by atoms with Crippen LogP contribution in [0.4, 0.5) is 0 Å². The van der Waals surface area contributed by atoms with Crippen molar-refractivity contribution < 1.29 is 9.59 Å². The van der Waals surface area contributed by atoms with Crippen LogP contribution >= 0.6 is 0 Å². The van der Waals surface area contributed by atoms with Gasteiger partial charge in [-0.1, -0.05) is 46.5 Å². The molecule has 4 heteroatoms. The van der Waals surface area contributed by atoms with Gasteiger partial charge in [0, 0.05) is 6.04 Å². The van der Waals surface area contributed by atoms with Gasteiger partial charge in [-0.25, -0.2) is 0 Å². The van der Waals surface area contributed by atoms with Crippen LogP contribution in [-0.4, -0.2) is 34.3 Å². The Morgan fingerprint density at radius 1 is 1.14 bits per heavy atom. The van der Waals surface area contributed by atoms with E-state index < -0.39 is 5.54 Å². The first-order valence-corrected chi connectivity index (χ1v) is 8.37. The molecule has 0 spiro atoms. The van der Waals surface area contributed by atoms with Crippen LogP contribution in [0.3, 0.4) is 0 Å². The third-order valence-electron chi connectivity index (χ3n) is 4.35. The molecule has 1 heterocycles. The molecule has 1 aliphatic heterocycles. The quantitative estimate of drug-likeness (QED) is 0.734. The summed E-state index contributed by atoms with van der Waals surface area (Å²) in [5.74, 6) is 0.155. The number of hydrogen-bond acceptors (Lipinski definition) is 2. The summed E-state index contributed by atoms with van der Waals surface area (Å²) in [6.07, 6.45) is 5.73. The number of rotatable bonds is 7. The minimum Gasteiger partial charge on any atom is -0.340 e. The van der Waals surface area contributed by atoms with Crippen molar-refractivity contribution in [1.82, 2.24) is 10.2 Å². The van der Waals surface area contributed by atoms with Crippen molar-refractivity contribution in [3.8, 4) is 0 Å². The molecule has 0 aliphatic carbocycles. The molecule has 0 aromatic carbocycles. The molecule has 0 aromatic heterocycles. The molecule has 4 nitrogen and oxygen atoms in total. The minimum atomic E-state index is -0.792. The molecule has 1 saturated heterocycles. The first kappa shape index (κ1) is 18.0. The fourth-order valence-corrected chi connectivity index (χ4v) is 3.11. The Morgan fingerprint density at radius 2 is 1.76 bits per heavy atom. The molecule has 1 fully saturated rings. The van der Waals surface area contributed by atoms with Crippen molar-refractivity contribution in [1.29, 1.82) is 0 Å². The largest absolute Gasteiger partial charge is 0.340 e. The zero-order chi connectivity index (χ0) is 16.2. The fourth-order valence-electron chi connectivity index (χ4n) is 3.11. The molecular formula is C17H32N2O2. The zero-order valence-electron chi connectivity index (χ0n) is 14.5. The fraction of sp³-hybridized carbons (Fsp3) is 0.882. The van der Waals surface area contributed by atoms with Gasteiger partial charge >= 0.3 is 0 Å². The summed E-state index contributed by atoms with van der Waals surface area (Å²) in [5, 5.41) is 2.87. The number of amides is 2. The first-order valence-electron chi connectivity index (χ1n) is 8.37. The van der Waals surface area contributed by atoms with Crippen molar-refractivity contribution in [2.45, 2.75) is 91.3 Å². The number of unbranched alkanes of at least 4 members (excludes halogenated alkanes) is 3. The van der Waals surface area contributed by atoms with Crippen LogP contribution in [0.25, 0.3) is 0 Å². The Bertz CT molecular complexity index is 377. The number of hydrogen-bond donors (Lipinski definition) is 1. The SMILES string of the molecule is CCCCCCC(C)N1C(=O)C(C)(C)NC(=O)C1C(C)C. The lowest BCUT2D eigenvalue weighted by atomic mass is 9.89. The van der Waals surface area contributed by atoms with E-state index in [-0.39, 0.29) is 29.8 Å². The lowest BCUT2D eigenvalue weighted by molar-refractivity contribution is -0.158. The average molecular weight is 296 g/mol. The Hall–Kier alpha value is -1.06. The van der Waals surface area contributed by atoms with Gasteiger partial charge in [0.1, 0.15) is 11.6 Å². The van der Waals surface area contributed by atoms with Crippen molar-refractivity contribution in [2.24, 2.45) is 5.92 Å². The van der Waals surface area contributed by atoms with Crippen LogP contribution in [0.5, 0.6) is 0 Å². The molecule has 0 saturated carbocycles. The number of carbonyl (C=O) groups excluding carboxylic acids is 2. The molecule has 2 unspecified atom stereocenters. The van der Waals surface area contributed by atoms with Crippen LogP contribution in [0, 0.1) is 5.92 Å². The summed E-state index contributed by atoms with van der Waals surface area (Å²) in [7, 11) is 0. The van der Waals surface area contributed by atoms with Gasteiger partial charge in [-0.2, -0.15) is 0 Å². The van der Waals surface area contributed by atoms with E-state index in [1.54, 1.807) is 13.8 Å². The lowest BCUT2D eigenvalue weighted by Gasteiger charge is -2.47. The monoisotopic (exact) mass is 296 g/mol. The molecule has 2 amide bonds. The first-order chi connectivity index (χ1) is 9.72. The van der Waals surface area contributed by atoms with Gasteiger partial charge in [-0.3, -0.25) is 9.59 Å². The summed E-state index contributed by atoms with van der Waals surface area (Å²) >= 11 is 0. The smallest absolute Gasteiger partial charge is 0.248 e. The van der Waals surface area contributed by atoms with Gasteiger partial charge in [-0.15, -0.1) is 0 Å². The van der Waals surface area contributed by atoms with Crippen molar-refractivity contribution >= 4 is 11.8 Å². The summed E-state index contributed by atoms with van der Waals surface area (Å²) in [4.78, 5) is 27.0. The second-order valence-electron chi connectivity index (χ2n) is 7.21. The van der Waals surface area contributed by atoms with Crippen molar-refractivity contribution in [3.63, 3.8) is 0 Å². The van der Waals surface area contributed by atoms with Crippen molar-refractivity contribution in [3.05, 3.63) is 0 Å². The highest BCUT2D eigenvalue weighted by atomic mass is 16.2. The molecule has 1 rings (SSSR count). The molecule has 2 atom stereocenters. The second-order valence-corrected chi connectivity index (χ2v) is 7.21. The predicted molar refractivity (Wildman–Crippen MR) is 85.9 cm³/mol. The van der Waals surface area contributed by atoms with Crippen LogP contribution in [-0.2, 0) is 9.59 Å². The molecule has 21 heavy (non-hydrogen) atoms. The third-order valence-corrected chi connectivity index (χ3v) is 4.35. The van der Waals surface area contributed by atoms with Crippen LogP contribution < -0.4 is 5.32 Å². The number of carbonyl (C=O) groups is 2. The van der Waals surface area contributed by atoms with Crippen molar-refractivity contribution in [2.75, 3.05) is 0 Å². The van der Waals surface area contributed by atoms with E-state index in [4.69, 9.17) is 0 Å². The summed E-state index contributed by atoms with van der Waals surface area (Å²) in [6, 6.07) is -0.223. The molecule has 0 bridgehead atoms. The van der Waals surface area contributed by atoms with Gasteiger partial charge in [0.15, 0.2) is 0 Å². The Morgan fingerprint density at radius 3 is 2.29 bits per heavy atom. The summed E-state index contributed by atoms with van der Waals surface area (Å²) in [6.45, 7) is 11.9. The molecular weight excluding hydrogens is 264 g/mol. The normalized spacial score (nSPS) is 23.4. The number of piperazine rings is 1. The van der Waals surface area contributed by atoms with E-state index in [9.17, 15) is 9.59 Å². The van der Waals surface area contributed by atoms with Crippen LogP contribution in [0.15, 0.2) is 0 Å². The highest BCUT2D eigenvalue weighted by Crippen LogP contribution is 2.26. The zero-order valence-corrected chi connectivity index (χ0v) is 14.5. The highest BCUT2D eigenvalue weighted by molar-refractivity contribution is 5.99. The Labute approximate surface area is 129 Å². The van der Waals surface area contributed by atoms with E-state index in [0.29, 0.717) is 0 Å². The second kappa shape index (κ2) is 7.28. The maximum Gasteiger partial charge on any atom is 0.248 e. The standard InChI is InChI=1S/C17H32N2O2/c1-7-8-9-10-11-13(4)19-14(12(2)3)15(20)18-17(5,6)16(19)21/h12-14H,7-11H2,1-6H3,(H,18,20). The average Bonchev–Trinajstić information content (AvgIpc) is 2.37. The van der Waals surface area contributed by atoms with E-state index >= 15 is 0 Å². The van der Waals surface area contributed by atoms with Crippen LogP contribution in [0.1, 0.15) is 73.6 Å². The van der Waals surface area contributed by atoms with E-state index in [2.05, 4.69) is 19.2 Å². The van der Waals surface area contributed by atoms with E-state index in [0.717, 1.165) is 12.8 Å². The minimum absolute atomic E-state index is 0.0185. The molecule has 0 aromatic rings. The van der Waals surface area contributed by atoms with E-state index in [1.807, 2.05) is 18.7 Å². The maximum atomic E-state index is 12.7. The van der Waals surface area contributed by atoms with Gasteiger partial charge < -0.3 is 10.2 Å².